The Labute approximate surface area is 106 Å². The van der Waals surface area contributed by atoms with Gasteiger partial charge in [0.2, 0.25) is 5.91 Å². The smallest absolute Gasteiger partial charge is 0.325 e. The molecule has 0 spiro atoms. The highest BCUT2D eigenvalue weighted by Crippen LogP contribution is 2.16. The van der Waals surface area contributed by atoms with Crippen LogP contribution in [0.15, 0.2) is 0 Å². The van der Waals surface area contributed by atoms with Crippen LogP contribution in [0.4, 0.5) is 4.79 Å². The topological polar surface area (TPSA) is 98.7 Å². The first kappa shape index (κ1) is 14.4. The van der Waals surface area contributed by atoms with Crippen molar-refractivity contribution >= 4 is 17.8 Å². The summed E-state index contributed by atoms with van der Waals surface area (Å²) in [5.74, 6) is -0.565. The zero-order chi connectivity index (χ0) is 13.8. The van der Waals surface area contributed by atoms with Crippen LogP contribution in [0.25, 0.3) is 0 Å². The fourth-order valence-electron chi connectivity index (χ4n) is 1.63. The number of amides is 4. The van der Waals surface area contributed by atoms with E-state index in [2.05, 4.69) is 10.6 Å². The fraction of sp³-hybridized carbons (Fsp3) is 0.727. The molecule has 7 nitrogen and oxygen atoms in total. The number of carbonyl (C=O) groups is 3. The number of hydrogen-bond acceptors (Lipinski definition) is 4. The molecular weight excluding hydrogens is 238 g/mol. The second kappa shape index (κ2) is 5.81. The molecule has 0 atom stereocenters. The highest BCUT2D eigenvalue weighted by Gasteiger charge is 2.43. The number of hydrogen-bond donors (Lipinski definition) is 3. The third kappa shape index (κ3) is 3.43. The Balaban J connectivity index is 2.38. The number of aliphatic hydroxyl groups excluding tert-OH is 1. The van der Waals surface area contributed by atoms with Crippen molar-refractivity contribution < 1.29 is 19.5 Å². The zero-order valence-corrected chi connectivity index (χ0v) is 10.7. The number of imide groups is 1. The van der Waals surface area contributed by atoms with E-state index in [0.29, 0.717) is 13.0 Å². The van der Waals surface area contributed by atoms with Crippen LogP contribution in [-0.2, 0) is 9.59 Å². The highest BCUT2D eigenvalue weighted by atomic mass is 16.3. The van der Waals surface area contributed by atoms with Gasteiger partial charge in [-0.2, -0.15) is 0 Å². The number of nitrogens with one attached hydrogen (secondary N) is 2. The second-order valence-corrected chi connectivity index (χ2v) is 4.69. The van der Waals surface area contributed by atoms with Crippen molar-refractivity contribution in [3.63, 3.8) is 0 Å². The van der Waals surface area contributed by atoms with Gasteiger partial charge in [-0.05, 0) is 20.3 Å². The van der Waals surface area contributed by atoms with Crippen molar-refractivity contribution in [1.82, 2.24) is 15.5 Å². The van der Waals surface area contributed by atoms with Crippen LogP contribution in [0.3, 0.4) is 0 Å². The maximum atomic E-state index is 11.8. The third-order valence-corrected chi connectivity index (χ3v) is 2.66. The first-order chi connectivity index (χ1) is 8.38. The first-order valence-corrected chi connectivity index (χ1v) is 5.90. The van der Waals surface area contributed by atoms with Crippen LogP contribution < -0.4 is 10.6 Å². The predicted octanol–water partition coefficient (Wildman–Crippen LogP) is -0.794. The largest absolute Gasteiger partial charge is 0.396 e. The third-order valence-electron chi connectivity index (χ3n) is 2.66. The fourth-order valence-corrected chi connectivity index (χ4v) is 1.63. The maximum absolute atomic E-state index is 11.8. The van der Waals surface area contributed by atoms with E-state index in [1.807, 2.05) is 0 Å². The SMILES string of the molecule is CC1(C)NC(=O)N(CCC(=O)NCCCO)C1=O. The molecule has 1 aliphatic rings. The molecule has 1 fully saturated rings. The lowest BCUT2D eigenvalue weighted by Gasteiger charge is -2.15. The number of aliphatic hydroxyl groups is 1. The number of nitrogens with zero attached hydrogens (tertiary/aromatic N) is 1. The van der Waals surface area contributed by atoms with Crippen molar-refractivity contribution in [3.8, 4) is 0 Å². The van der Waals surface area contributed by atoms with Crippen LogP contribution in [-0.4, -0.2) is 53.1 Å². The van der Waals surface area contributed by atoms with Gasteiger partial charge >= 0.3 is 6.03 Å². The van der Waals surface area contributed by atoms with Crippen LogP contribution in [0.5, 0.6) is 0 Å². The molecule has 0 aromatic carbocycles. The molecule has 1 rings (SSSR count). The lowest BCUT2D eigenvalue weighted by atomic mass is 10.1. The molecular formula is C11H19N3O4. The van der Waals surface area contributed by atoms with Crippen molar-refractivity contribution in [3.05, 3.63) is 0 Å². The van der Waals surface area contributed by atoms with Crippen molar-refractivity contribution in [2.45, 2.75) is 32.2 Å². The summed E-state index contributed by atoms with van der Waals surface area (Å²) >= 11 is 0. The van der Waals surface area contributed by atoms with E-state index in [1.54, 1.807) is 13.8 Å². The lowest BCUT2D eigenvalue weighted by molar-refractivity contribution is -0.130. The Morgan fingerprint density at radius 2 is 2.11 bits per heavy atom. The quantitative estimate of drug-likeness (QED) is 0.429. The molecule has 0 aromatic heterocycles. The standard InChI is InChI=1S/C11H19N3O4/c1-11(2)9(17)14(10(18)13-11)6-4-8(16)12-5-3-7-15/h15H,3-7H2,1-2H3,(H,12,16)(H,13,18). The van der Waals surface area contributed by atoms with Crippen LogP contribution in [0.1, 0.15) is 26.7 Å². The molecule has 1 heterocycles. The first-order valence-electron chi connectivity index (χ1n) is 5.90. The molecule has 0 aromatic rings. The number of carbonyl (C=O) groups excluding carboxylic acids is 3. The lowest BCUT2D eigenvalue weighted by Crippen LogP contribution is -2.40. The molecule has 0 saturated carbocycles. The summed E-state index contributed by atoms with van der Waals surface area (Å²) in [6.45, 7) is 3.71. The van der Waals surface area contributed by atoms with Gasteiger partial charge in [0.15, 0.2) is 0 Å². The van der Waals surface area contributed by atoms with E-state index in [9.17, 15) is 14.4 Å². The van der Waals surface area contributed by atoms with Gasteiger partial charge in [0.1, 0.15) is 5.54 Å². The van der Waals surface area contributed by atoms with Gasteiger partial charge in [-0.1, -0.05) is 0 Å². The van der Waals surface area contributed by atoms with E-state index in [1.165, 1.54) is 0 Å². The normalized spacial score (nSPS) is 17.8. The molecule has 7 heteroatoms. The summed E-state index contributed by atoms with van der Waals surface area (Å²) in [5, 5.41) is 13.7. The van der Waals surface area contributed by atoms with E-state index in [4.69, 9.17) is 5.11 Å². The summed E-state index contributed by atoms with van der Waals surface area (Å²) in [4.78, 5) is 35.7. The van der Waals surface area contributed by atoms with Gasteiger partial charge in [0.25, 0.3) is 5.91 Å². The number of urea groups is 1. The van der Waals surface area contributed by atoms with Gasteiger partial charge in [-0.15, -0.1) is 0 Å². The minimum atomic E-state index is -0.898. The average Bonchev–Trinajstić information content (AvgIpc) is 2.47. The molecule has 18 heavy (non-hydrogen) atoms. The van der Waals surface area contributed by atoms with Crippen LogP contribution in [0, 0.1) is 0 Å². The molecule has 3 N–H and O–H groups in total. The maximum Gasteiger partial charge on any atom is 0.325 e. The number of rotatable bonds is 6. The van der Waals surface area contributed by atoms with Crippen LogP contribution in [0.2, 0.25) is 0 Å². The van der Waals surface area contributed by atoms with E-state index < -0.39 is 11.6 Å². The molecule has 0 unspecified atom stereocenters. The predicted molar refractivity (Wildman–Crippen MR) is 63.7 cm³/mol. The second-order valence-electron chi connectivity index (χ2n) is 4.69. The van der Waals surface area contributed by atoms with Gasteiger partial charge in [0.05, 0.1) is 0 Å². The summed E-state index contributed by atoms with van der Waals surface area (Å²) < 4.78 is 0. The Bertz CT molecular complexity index is 354. The van der Waals surface area contributed by atoms with Gasteiger partial charge < -0.3 is 15.7 Å². The van der Waals surface area contributed by atoms with Crippen molar-refractivity contribution in [2.75, 3.05) is 19.7 Å². The van der Waals surface area contributed by atoms with Gasteiger partial charge in [-0.3, -0.25) is 14.5 Å². The van der Waals surface area contributed by atoms with E-state index in [-0.39, 0.29) is 31.4 Å². The average molecular weight is 257 g/mol. The Morgan fingerprint density at radius 1 is 1.44 bits per heavy atom. The molecule has 0 aliphatic carbocycles. The summed E-state index contributed by atoms with van der Waals surface area (Å²) in [7, 11) is 0. The van der Waals surface area contributed by atoms with Gasteiger partial charge in [0, 0.05) is 26.1 Å². The highest BCUT2D eigenvalue weighted by molar-refractivity contribution is 6.06. The summed E-state index contributed by atoms with van der Waals surface area (Å²) in [6, 6.07) is -0.465. The van der Waals surface area contributed by atoms with Crippen molar-refractivity contribution in [2.24, 2.45) is 0 Å². The minimum absolute atomic E-state index is 0.0154. The van der Waals surface area contributed by atoms with E-state index >= 15 is 0 Å². The Morgan fingerprint density at radius 3 is 2.61 bits per heavy atom. The molecule has 0 bridgehead atoms. The molecule has 102 valence electrons. The molecule has 0 radical (unpaired) electrons. The zero-order valence-electron chi connectivity index (χ0n) is 10.7. The molecule has 4 amide bonds. The Kier molecular flexibility index (Phi) is 4.66. The minimum Gasteiger partial charge on any atom is -0.396 e. The molecule has 1 aliphatic heterocycles. The molecule has 1 saturated heterocycles. The van der Waals surface area contributed by atoms with Gasteiger partial charge in [-0.25, -0.2) is 4.79 Å². The Hall–Kier alpha value is -1.63. The van der Waals surface area contributed by atoms with Crippen LogP contribution >= 0.6 is 0 Å². The van der Waals surface area contributed by atoms with E-state index in [0.717, 1.165) is 4.90 Å². The monoisotopic (exact) mass is 257 g/mol. The summed E-state index contributed by atoms with van der Waals surface area (Å²) in [5.41, 5.74) is -0.898. The van der Waals surface area contributed by atoms with Crippen molar-refractivity contribution in [1.29, 1.82) is 0 Å². The summed E-state index contributed by atoms with van der Waals surface area (Å²) in [6.07, 6.45) is 0.558.